The first-order valence-corrected chi connectivity index (χ1v) is 5.89. The first-order chi connectivity index (χ1) is 7.22. The highest BCUT2D eigenvalue weighted by molar-refractivity contribution is 6.28. The van der Waals surface area contributed by atoms with Crippen LogP contribution < -0.4 is 10.6 Å². The summed E-state index contributed by atoms with van der Waals surface area (Å²) in [6.45, 7) is 0.654. The van der Waals surface area contributed by atoms with Gasteiger partial charge in [0.25, 0.3) is 0 Å². The third-order valence-corrected chi connectivity index (χ3v) is 2.89. The molecular weight excluding hydrogens is 216 g/mol. The molecule has 86 valence electrons. The molecule has 0 aromatic rings. The van der Waals surface area contributed by atoms with E-state index in [9.17, 15) is 9.59 Å². The van der Waals surface area contributed by atoms with Crippen LogP contribution >= 0.6 is 11.6 Å². The van der Waals surface area contributed by atoms with E-state index in [0.717, 1.165) is 0 Å². The van der Waals surface area contributed by atoms with Gasteiger partial charge in [-0.15, -0.1) is 11.6 Å². The van der Waals surface area contributed by atoms with Gasteiger partial charge in [0, 0.05) is 6.54 Å². The Kier molecular flexibility index (Phi) is 5.47. The molecule has 1 aliphatic carbocycles. The predicted molar refractivity (Wildman–Crippen MR) is 58.8 cm³/mol. The van der Waals surface area contributed by atoms with Crippen molar-refractivity contribution < 1.29 is 9.59 Å². The Balaban J connectivity index is 2.12. The van der Waals surface area contributed by atoms with Gasteiger partial charge in [0.05, 0.1) is 0 Å². The van der Waals surface area contributed by atoms with Crippen molar-refractivity contribution in [1.29, 1.82) is 0 Å². The zero-order chi connectivity index (χ0) is 11.1. The number of imide groups is 1. The number of rotatable bonds is 3. The van der Waals surface area contributed by atoms with Crippen LogP contribution in [0.5, 0.6) is 0 Å². The zero-order valence-corrected chi connectivity index (χ0v) is 9.48. The molecule has 0 atom stereocenters. The highest BCUT2D eigenvalue weighted by Gasteiger charge is 2.14. The van der Waals surface area contributed by atoms with Crippen LogP contribution in [-0.2, 0) is 4.79 Å². The maximum atomic E-state index is 11.2. The number of halogens is 1. The number of carbonyl (C=O) groups is 2. The molecule has 1 fully saturated rings. The summed E-state index contributed by atoms with van der Waals surface area (Å²) in [6.07, 6.45) is 6.13. The van der Waals surface area contributed by atoms with E-state index >= 15 is 0 Å². The summed E-state index contributed by atoms with van der Waals surface area (Å²) in [5, 5.41) is 4.84. The number of amides is 3. The molecule has 0 unspecified atom stereocenters. The molecule has 0 radical (unpaired) electrons. The Morgan fingerprint density at radius 2 is 1.87 bits per heavy atom. The number of alkyl halides is 1. The molecule has 1 saturated carbocycles. The zero-order valence-electron chi connectivity index (χ0n) is 8.72. The van der Waals surface area contributed by atoms with Gasteiger partial charge in [0.1, 0.15) is 5.88 Å². The fourth-order valence-corrected chi connectivity index (χ4v) is 1.90. The summed E-state index contributed by atoms with van der Waals surface area (Å²) in [6, 6.07) is -0.439. The second kappa shape index (κ2) is 6.67. The second-order valence-corrected chi connectivity index (χ2v) is 4.16. The predicted octanol–water partition coefficient (Wildman–Crippen LogP) is 1.63. The fourth-order valence-electron chi connectivity index (χ4n) is 1.83. The minimum absolute atomic E-state index is 0.184. The van der Waals surface area contributed by atoms with Crippen molar-refractivity contribution in [3.63, 3.8) is 0 Å². The summed E-state index contributed by atoms with van der Waals surface area (Å²) in [5.74, 6) is -0.0787. The summed E-state index contributed by atoms with van der Waals surface area (Å²) in [7, 11) is 0. The average Bonchev–Trinajstić information content (AvgIpc) is 2.27. The molecular formula is C10H17ClN2O2. The Labute approximate surface area is 94.7 Å². The normalized spacial score (nSPS) is 17.1. The van der Waals surface area contributed by atoms with Crippen LogP contribution in [0.2, 0.25) is 0 Å². The molecule has 0 aromatic carbocycles. The van der Waals surface area contributed by atoms with Crippen LogP contribution in [0, 0.1) is 5.92 Å². The lowest BCUT2D eigenvalue weighted by Crippen LogP contribution is -2.42. The van der Waals surface area contributed by atoms with E-state index in [4.69, 9.17) is 11.6 Å². The molecule has 0 saturated heterocycles. The monoisotopic (exact) mass is 232 g/mol. The third-order valence-electron chi connectivity index (χ3n) is 2.65. The molecule has 0 heterocycles. The highest BCUT2D eigenvalue weighted by atomic mass is 35.5. The third kappa shape index (κ3) is 5.02. The topological polar surface area (TPSA) is 58.2 Å². The first-order valence-electron chi connectivity index (χ1n) is 5.36. The molecule has 0 aromatic heterocycles. The fraction of sp³-hybridized carbons (Fsp3) is 0.800. The molecule has 2 N–H and O–H groups in total. The summed E-state index contributed by atoms with van der Waals surface area (Å²) in [5.41, 5.74) is 0. The number of hydrogen-bond acceptors (Lipinski definition) is 2. The van der Waals surface area contributed by atoms with Crippen LogP contribution in [0.15, 0.2) is 0 Å². The quantitative estimate of drug-likeness (QED) is 0.727. The maximum absolute atomic E-state index is 11.2. The minimum Gasteiger partial charge on any atom is -0.338 e. The standard InChI is InChI=1S/C10H17ClN2O2/c11-6-9(14)13-10(15)12-7-8-4-2-1-3-5-8/h8H,1-7H2,(H2,12,13,14,15). The van der Waals surface area contributed by atoms with Crippen molar-refractivity contribution in [2.75, 3.05) is 12.4 Å². The lowest BCUT2D eigenvalue weighted by Gasteiger charge is -2.21. The lowest BCUT2D eigenvalue weighted by atomic mass is 9.89. The van der Waals surface area contributed by atoms with Gasteiger partial charge in [-0.25, -0.2) is 4.79 Å². The second-order valence-electron chi connectivity index (χ2n) is 3.90. The minimum atomic E-state index is -0.460. The summed E-state index contributed by atoms with van der Waals surface area (Å²) >= 11 is 5.25. The number of urea groups is 1. The summed E-state index contributed by atoms with van der Waals surface area (Å²) < 4.78 is 0. The maximum Gasteiger partial charge on any atom is 0.321 e. The van der Waals surface area contributed by atoms with Gasteiger partial charge in [-0.3, -0.25) is 10.1 Å². The Morgan fingerprint density at radius 1 is 1.20 bits per heavy atom. The van der Waals surface area contributed by atoms with E-state index in [1.165, 1.54) is 32.1 Å². The SMILES string of the molecule is O=C(CCl)NC(=O)NCC1CCCCC1. The van der Waals surface area contributed by atoms with E-state index in [0.29, 0.717) is 12.5 Å². The first kappa shape index (κ1) is 12.3. The Morgan fingerprint density at radius 3 is 2.47 bits per heavy atom. The molecule has 1 rings (SSSR count). The van der Waals surface area contributed by atoms with Crippen LogP contribution in [0.4, 0.5) is 4.79 Å². The van der Waals surface area contributed by atoms with Crippen LogP contribution in [-0.4, -0.2) is 24.4 Å². The highest BCUT2D eigenvalue weighted by Crippen LogP contribution is 2.22. The number of nitrogens with one attached hydrogen (secondary N) is 2. The molecule has 3 amide bonds. The molecule has 0 aliphatic heterocycles. The van der Waals surface area contributed by atoms with Crippen molar-refractivity contribution in [3.05, 3.63) is 0 Å². The van der Waals surface area contributed by atoms with Gasteiger partial charge in [-0.2, -0.15) is 0 Å². The number of carbonyl (C=O) groups excluding carboxylic acids is 2. The van der Waals surface area contributed by atoms with Crippen molar-refractivity contribution in [2.24, 2.45) is 5.92 Å². The van der Waals surface area contributed by atoms with Crippen molar-refractivity contribution in [2.45, 2.75) is 32.1 Å². The summed E-state index contributed by atoms with van der Waals surface area (Å²) in [4.78, 5) is 21.9. The van der Waals surface area contributed by atoms with E-state index in [1.54, 1.807) is 0 Å². The van der Waals surface area contributed by atoms with Crippen LogP contribution in [0.1, 0.15) is 32.1 Å². The van der Waals surface area contributed by atoms with Gasteiger partial charge in [-0.05, 0) is 18.8 Å². The molecule has 5 heteroatoms. The average molecular weight is 233 g/mol. The van der Waals surface area contributed by atoms with Gasteiger partial charge in [0.2, 0.25) is 5.91 Å². The molecule has 15 heavy (non-hydrogen) atoms. The van der Waals surface area contributed by atoms with Crippen LogP contribution in [0.25, 0.3) is 0 Å². The molecule has 0 spiro atoms. The Hall–Kier alpha value is -0.770. The molecule has 1 aliphatic rings. The smallest absolute Gasteiger partial charge is 0.321 e. The van der Waals surface area contributed by atoms with Crippen molar-refractivity contribution in [3.8, 4) is 0 Å². The van der Waals surface area contributed by atoms with Gasteiger partial charge in [0.15, 0.2) is 0 Å². The van der Waals surface area contributed by atoms with Crippen molar-refractivity contribution >= 4 is 23.5 Å². The van der Waals surface area contributed by atoms with E-state index < -0.39 is 11.9 Å². The Bertz CT molecular complexity index is 227. The van der Waals surface area contributed by atoms with E-state index in [2.05, 4.69) is 10.6 Å². The van der Waals surface area contributed by atoms with Crippen molar-refractivity contribution in [1.82, 2.24) is 10.6 Å². The van der Waals surface area contributed by atoms with E-state index in [-0.39, 0.29) is 5.88 Å². The number of hydrogen-bond donors (Lipinski definition) is 2. The van der Waals surface area contributed by atoms with Gasteiger partial charge in [-0.1, -0.05) is 19.3 Å². The lowest BCUT2D eigenvalue weighted by molar-refractivity contribution is -0.117. The van der Waals surface area contributed by atoms with Gasteiger partial charge < -0.3 is 5.32 Å². The van der Waals surface area contributed by atoms with E-state index in [1.807, 2.05) is 0 Å². The van der Waals surface area contributed by atoms with Crippen LogP contribution in [0.3, 0.4) is 0 Å². The molecule has 4 nitrogen and oxygen atoms in total. The largest absolute Gasteiger partial charge is 0.338 e. The molecule has 0 bridgehead atoms. The van der Waals surface area contributed by atoms with Gasteiger partial charge >= 0.3 is 6.03 Å².